The summed E-state index contributed by atoms with van der Waals surface area (Å²) in [6.45, 7) is 12.2. The van der Waals surface area contributed by atoms with Crippen LogP contribution < -0.4 is 5.32 Å². The van der Waals surface area contributed by atoms with Crippen LogP contribution in [0.25, 0.3) is 0 Å². The Bertz CT molecular complexity index is 235. The third-order valence-electron chi connectivity index (χ3n) is 4.56. The maximum atomic E-state index is 3.80. The van der Waals surface area contributed by atoms with Crippen LogP contribution in [0.4, 0.5) is 0 Å². The Kier molecular flexibility index (Phi) is 5.50. The summed E-state index contributed by atoms with van der Waals surface area (Å²) in [6.07, 6.45) is 7.03. The van der Waals surface area contributed by atoms with Gasteiger partial charge in [0, 0.05) is 25.7 Å². The molecule has 1 heterocycles. The quantitative estimate of drug-likeness (QED) is 0.749. The molecule has 2 fully saturated rings. The smallest absolute Gasteiger partial charge is 0.0198 e. The van der Waals surface area contributed by atoms with Crippen LogP contribution in [0.3, 0.4) is 0 Å². The highest BCUT2D eigenvalue weighted by Crippen LogP contribution is 2.31. The lowest BCUT2D eigenvalue weighted by atomic mass is 9.91. The van der Waals surface area contributed by atoms with Crippen molar-refractivity contribution in [2.75, 3.05) is 26.2 Å². The van der Waals surface area contributed by atoms with Crippen molar-refractivity contribution < 1.29 is 0 Å². The highest BCUT2D eigenvalue weighted by molar-refractivity contribution is 4.86. The Morgan fingerprint density at radius 3 is 2.56 bits per heavy atom. The van der Waals surface area contributed by atoms with Crippen molar-refractivity contribution in [3.8, 4) is 0 Å². The number of hydrogen-bond acceptors (Lipinski definition) is 2. The molecule has 0 radical (unpaired) electrons. The largest absolute Gasteiger partial charge is 0.313 e. The van der Waals surface area contributed by atoms with Crippen LogP contribution in [0.1, 0.15) is 52.9 Å². The topological polar surface area (TPSA) is 15.3 Å². The Morgan fingerprint density at radius 2 is 1.94 bits per heavy atom. The molecule has 18 heavy (non-hydrogen) atoms. The van der Waals surface area contributed by atoms with E-state index in [4.69, 9.17) is 0 Å². The second kappa shape index (κ2) is 6.91. The lowest BCUT2D eigenvalue weighted by Gasteiger charge is -2.38. The van der Waals surface area contributed by atoms with E-state index >= 15 is 0 Å². The lowest BCUT2D eigenvalue weighted by Crippen LogP contribution is -2.49. The predicted molar refractivity (Wildman–Crippen MR) is 78.8 cm³/mol. The standard InChI is InChI=1S/C16H32N2/c1-4-14-9-16(17-8-7-13(2)3)12-18(10-14)11-15-5-6-15/h13-17H,4-12H2,1-3H3. The molecule has 106 valence electrons. The first kappa shape index (κ1) is 14.3. The molecule has 1 aliphatic heterocycles. The number of nitrogens with zero attached hydrogens (tertiary/aromatic N) is 1. The molecule has 0 aromatic carbocycles. The second-order valence-corrected chi connectivity index (χ2v) is 7.01. The molecule has 2 rings (SSSR count). The van der Waals surface area contributed by atoms with Crippen LogP contribution in [0.2, 0.25) is 0 Å². The average Bonchev–Trinajstić information content (AvgIpc) is 3.12. The van der Waals surface area contributed by atoms with Gasteiger partial charge in [-0.1, -0.05) is 27.2 Å². The highest BCUT2D eigenvalue weighted by atomic mass is 15.2. The third-order valence-corrected chi connectivity index (χ3v) is 4.56. The van der Waals surface area contributed by atoms with Crippen molar-refractivity contribution in [3.05, 3.63) is 0 Å². The minimum Gasteiger partial charge on any atom is -0.313 e. The molecule has 0 aromatic heterocycles. The molecule has 1 saturated carbocycles. The normalized spacial score (nSPS) is 30.0. The van der Waals surface area contributed by atoms with Crippen LogP contribution >= 0.6 is 0 Å². The molecule has 2 nitrogen and oxygen atoms in total. The molecule has 0 spiro atoms. The molecule has 0 bridgehead atoms. The van der Waals surface area contributed by atoms with Gasteiger partial charge in [0.2, 0.25) is 0 Å². The molecule has 0 amide bonds. The molecule has 2 aliphatic rings. The minimum atomic E-state index is 0.751. The monoisotopic (exact) mass is 252 g/mol. The van der Waals surface area contributed by atoms with E-state index in [9.17, 15) is 0 Å². The van der Waals surface area contributed by atoms with Gasteiger partial charge in [0.1, 0.15) is 0 Å². The van der Waals surface area contributed by atoms with E-state index in [0.29, 0.717) is 0 Å². The molecular formula is C16H32N2. The molecule has 1 saturated heterocycles. The Hall–Kier alpha value is -0.0800. The first-order valence-corrected chi connectivity index (χ1v) is 8.13. The average molecular weight is 252 g/mol. The summed E-state index contributed by atoms with van der Waals surface area (Å²) in [4.78, 5) is 2.74. The molecule has 1 N–H and O–H groups in total. The number of rotatable bonds is 7. The van der Waals surface area contributed by atoms with Gasteiger partial charge in [-0.3, -0.25) is 0 Å². The van der Waals surface area contributed by atoms with Crippen LogP contribution in [-0.2, 0) is 0 Å². The van der Waals surface area contributed by atoms with E-state index in [-0.39, 0.29) is 0 Å². The van der Waals surface area contributed by atoms with E-state index in [2.05, 4.69) is 31.0 Å². The summed E-state index contributed by atoms with van der Waals surface area (Å²) in [6, 6.07) is 0.751. The highest BCUT2D eigenvalue weighted by Gasteiger charge is 2.30. The zero-order chi connectivity index (χ0) is 13.0. The molecule has 1 aliphatic carbocycles. The van der Waals surface area contributed by atoms with Gasteiger partial charge in [-0.05, 0) is 50.0 Å². The van der Waals surface area contributed by atoms with Gasteiger partial charge < -0.3 is 10.2 Å². The predicted octanol–water partition coefficient (Wildman–Crippen LogP) is 3.13. The van der Waals surface area contributed by atoms with Gasteiger partial charge in [-0.2, -0.15) is 0 Å². The van der Waals surface area contributed by atoms with Crippen LogP contribution in [-0.4, -0.2) is 37.1 Å². The molecule has 2 heteroatoms. The Balaban J connectivity index is 1.73. The molecule has 2 unspecified atom stereocenters. The van der Waals surface area contributed by atoms with Gasteiger partial charge in [0.05, 0.1) is 0 Å². The minimum absolute atomic E-state index is 0.751. The lowest BCUT2D eigenvalue weighted by molar-refractivity contribution is 0.133. The number of hydrogen-bond donors (Lipinski definition) is 1. The van der Waals surface area contributed by atoms with Crippen molar-refractivity contribution >= 4 is 0 Å². The number of piperidine rings is 1. The zero-order valence-electron chi connectivity index (χ0n) is 12.6. The van der Waals surface area contributed by atoms with E-state index in [1.807, 2.05) is 0 Å². The van der Waals surface area contributed by atoms with Gasteiger partial charge in [0.25, 0.3) is 0 Å². The van der Waals surface area contributed by atoms with E-state index in [1.165, 1.54) is 58.3 Å². The fourth-order valence-corrected chi connectivity index (χ4v) is 3.14. The summed E-state index contributed by atoms with van der Waals surface area (Å²) in [5.41, 5.74) is 0. The van der Waals surface area contributed by atoms with Gasteiger partial charge in [-0.25, -0.2) is 0 Å². The maximum Gasteiger partial charge on any atom is 0.0198 e. The summed E-state index contributed by atoms with van der Waals surface area (Å²) >= 11 is 0. The Morgan fingerprint density at radius 1 is 1.17 bits per heavy atom. The molecular weight excluding hydrogens is 220 g/mol. The van der Waals surface area contributed by atoms with Crippen LogP contribution in [0, 0.1) is 17.8 Å². The first-order chi connectivity index (χ1) is 8.67. The SMILES string of the molecule is CCC1CC(NCCC(C)C)CN(CC2CC2)C1. The first-order valence-electron chi connectivity index (χ1n) is 8.13. The summed E-state index contributed by atoms with van der Waals surface area (Å²) in [7, 11) is 0. The van der Waals surface area contributed by atoms with Crippen molar-refractivity contribution in [1.29, 1.82) is 0 Å². The summed E-state index contributed by atoms with van der Waals surface area (Å²) in [5.74, 6) is 2.79. The Labute approximate surface area is 114 Å². The summed E-state index contributed by atoms with van der Waals surface area (Å²) < 4.78 is 0. The third kappa shape index (κ3) is 4.89. The van der Waals surface area contributed by atoms with Crippen molar-refractivity contribution in [2.24, 2.45) is 17.8 Å². The fraction of sp³-hybridized carbons (Fsp3) is 1.00. The van der Waals surface area contributed by atoms with Crippen LogP contribution in [0.15, 0.2) is 0 Å². The van der Waals surface area contributed by atoms with Crippen molar-refractivity contribution in [3.63, 3.8) is 0 Å². The molecule has 2 atom stereocenters. The fourth-order valence-electron chi connectivity index (χ4n) is 3.14. The second-order valence-electron chi connectivity index (χ2n) is 7.01. The van der Waals surface area contributed by atoms with Gasteiger partial charge >= 0.3 is 0 Å². The van der Waals surface area contributed by atoms with E-state index in [0.717, 1.165) is 23.8 Å². The van der Waals surface area contributed by atoms with Crippen LogP contribution in [0.5, 0.6) is 0 Å². The number of likely N-dealkylation sites (tertiary alicyclic amines) is 1. The maximum absolute atomic E-state index is 3.80. The van der Waals surface area contributed by atoms with Gasteiger partial charge in [0.15, 0.2) is 0 Å². The number of nitrogens with one attached hydrogen (secondary N) is 1. The molecule has 0 aromatic rings. The van der Waals surface area contributed by atoms with Gasteiger partial charge in [-0.15, -0.1) is 0 Å². The van der Waals surface area contributed by atoms with Crippen molar-refractivity contribution in [2.45, 2.75) is 58.9 Å². The van der Waals surface area contributed by atoms with Crippen molar-refractivity contribution in [1.82, 2.24) is 10.2 Å². The summed E-state index contributed by atoms with van der Waals surface area (Å²) in [5, 5.41) is 3.80. The zero-order valence-corrected chi connectivity index (χ0v) is 12.6. The van der Waals surface area contributed by atoms with E-state index in [1.54, 1.807) is 0 Å². The van der Waals surface area contributed by atoms with E-state index < -0.39 is 0 Å².